The molecule has 148 valence electrons. The van der Waals surface area contributed by atoms with Gasteiger partial charge < -0.3 is 15.4 Å². The van der Waals surface area contributed by atoms with Crippen LogP contribution in [-0.2, 0) is 15.1 Å². The lowest BCUT2D eigenvalue weighted by molar-refractivity contribution is -0.121. The smallest absolute Gasteiger partial charge is 0.411 e. The van der Waals surface area contributed by atoms with Gasteiger partial charge in [-0.2, -0.15) is 0 Å². The molecule has 2 amide bonds. The molecule has 3 rings (SSSR count). The molecule has 1 heterocycles. The van der Waals surface area contributed by atoms with Gasteiger partial charge in [-0.15, -0.1) is 0 Å². The van der Waals surface area contributed by atoms with E-state index in [1.165, 1.54) is 12.1 Å². The average molecular weight is 384 g/mol. The van der Waals surface area contributed by atoms with Crippen LogP contribution in [0.3, 0.4) is 0 Å². The molecule has 1 aliphatic rings. The zero-order valence-electron chi connectivity index (χ0n) is 16.2. The molecular weight excluding hydrogens is 359 g/mol. The van der Waals surface area contributed by atoms with Crippen LogP contribution in [0.5, 0.6) is 0 Å². The van der Waals surface area contributed by atoms with E-state index in [4.69, 9.17) is 10.5 Å². The topological polar surface area (TPSA) is 72.6 Å². The highest BCUT2D eigenvalue weighted by molar-refractivity contribution is 5.74. The number of primary amides is 1. The molecule has 0 spiro atoms. The van der Waals surface area contributed by atoms with Gasteiger partial charge in [-0.3, -0.25) is 4.79 Å². The second kappa shape index (κ2) is 8.00. The Hall–Kier alpha value is -2.89. The van der Waals surface area contributed by atoms with Gasteiger partial charge in [0.25, 0.3) is 0 Å². The van der Waals surface area contributed by atoms with Crippen molar-refractivity contribution < 1.29 is 18.7 Å². The number of nitrogens with zero attached hydrogens (tertiary/aromatic N) is 1. The number of rotatable bonds is 6. The summed E-state index contributed by atoms with van der Waals surface area (Å²) in [5.74, 6) is -0.835. The number of carbonyl (C=O) groups excluding carboxylic acids is 2. The third-order valence-electron chi connectivity index (χ3n) is 5.45. The van der Waals surface area contributed by atoms with Crippen molar-refractivity contribution in [3.8, 4) is 0 Å². The fourth-order valence-electron chi connectivity index (χ4n) is 3.65. The van der Waals surface area contributed by atoms with E-state index in [2.05, 4.69) is 0 Å². The molecule has 0 bridgehead atoms. The maximum absolute atomic E-state index is 13.4. The van der Waals surface area contributed by atoms with Crippen LogP contribution < -0.4 is 5.73 Å². The summed E-state index contributed by atoms with van der Waals surface area (Å²) in [4.78, 5) is 25.9. The third kappa shape index (κ3) is 4.16. The monoisotopic (exact) mass is 384 g/mol. The molecule has 2 atom stereocenters. The highest BCUT2D eigenvalue weighted by Crippen LogP contribution is 2.40. The number of ether oxygens (including phenoxy) is 1. The van der Waals surface area contributed by atoms with Crippen LogP contribution in [0, 0.1) is 12.7 Å². The first-order chi connectivity index (χ1) is 13.3. The molecule has 6 heteroatoms. The fourth-order valence-corrected chi connectivity index (χ4v) is 3.65. The lowest BCUT2D eigenvalue weighted by Crippen LogP contribution is -2.49. The second-order valence-corrected chi connectivity index (χ2v) is 7.37. The molecule has 1 unspecified atom stereocenters. The summed E-state index contributed by atoms with van der Waals surface area (Å²) in [6, 6.07) is 13.7. The molecule has 2 aromatic carbocycles. The van der Waals surface area contributed by atoms with Crippen LogP contribution in [0.2, 0.25) is 0 Å². The van der Waals surface area contributed by atoms with Gasteiger partial charge >= 0.3 is 6.09 Å². The van der Waals surface area contributed by atoms with Crippen molar-refractivity contribution in [2.75, 3.05) is 6.54 Å². The van der Waals surface area contributed by atoms with E-state index in [9.17, 15) is 14.0 Å². The van der Waals surface area contributed by atoms with Crippen molar-refractivity contribution in [1.82, 2.24) is 4.90 Å². The Balaban J connectivity index is 1.83. The van der Waals surface area contributed by atoms with E-state index >= 15 is 0 Å². The summed E-state index contributed by atoms with van der Waals surface area (Å²) in [6.45, 7) is 4.43. The molecular formula is C22H25FN2O3. The van der Waals surface area contributed by atoms with Crippen molar-refractivity contribution in [2.45, 2.75) is 44.8 Å². The van der Waals surface area contributed by atoms with Crippen LogP contribution >= 0.6 is 0 Å². The molecule has 5 nitrogen and oxygen atoms in total. The summed E-state index contributed by atoms with van der Waals surface area (Å²) >= 11 is 0. The normalized spacial score (nSPS) is 20.5. The Morgan fingerprint density at radius 2 is 1.86 bits per heavy atom. The SMILES string of the molecule is Cc1ccc([C@H](C)N2CCC(CCC(N)=O)(c3ccc(F)cc3)OC2=O)cc1. The van der Waals surface area contributed by atoms with E-state index < -0.39 is 17.6 Å². The molecule has 0 radical (unpaired) electrons. The molecule has 2 aromatic rings. The maximum Gasteiger partial charge on any atom is 0.411 e. The Bertz CT molecular complexity index is 851. The molecule has 1 saturated heterocycles. The zero-order valence-corrected chi connectivity index (χ0v) is 16.2. The van der Waals surface area contributed by atoms with Gasteiger partial charge in [-0.05, 0) is 37.1 Å². The van der Waals surface area contributed by atoms with Gasteiger partial charge in [-0.25, -0.2) is 9.18 Å². The summed E-state index contributed by atoms with van der Waals surface area (Å²) in [7, 11) is 0. The number of nitrogens with two attached hydrogens (primary N) is 1. The number of carbonyl (C=O) groups is 2. The predicted octanol–water partition coefficient (Wildman–Crippen LogP) is 4.20. The summed E-state index contributed by atoms with van der Waals surface area (Å²) in [5, 5.41) is 0. The van der Waals surface area contributed by atoms with Gasteiger partial charge in [0.1, 0.15) is 11.4 Å². The second-order valence-electron chi connectivity index (χ2n) is 7.37. The van der Waals surface area contributed by atoms with Crippen LogP contribution in [0.25, 0.3) is 0 Å². The highest BCUT2D eigenvalue weighted by atomic mass is 19.1. The number of hydrogen-bond donors (Lipinski definition) is 1. The minimum Gasteiger partial charge on any atom is -0.438 e. The Morgan fingerprint density at radius 3 is 2.43 bits per heavy atom. The fraction of sp³-hybridized carbons (Fsp3) is 0.364. The third-order valence-corrected chi connectivity index (χ3v) is 5.45. The van der Waals surface area contributed by atoms with Gasteiger partial charge in [0.15, 0.2) is 0 Å². The molecule has 2 N–H and O–H groups in total. The number of amides is 2. The van der Waals surface area contributed by atoms with E-state index in [0.717, 1.165) is 11.1 Å². The average Bonchev–Trinajstić information content (AvgIpc) is 2.67. The molecule has 28 heavy (non-hydrogen) atoms. The zero-order chi connectivity index (χ0) is 20.3. The summed E-state index contributed by atoms with van der Waals surface area (Å²) in [5.41, 5.74) is 7.18. The predicted molar refractivity (Wildman–Crippen MR) is 104 cm³/mol. The van der Waals surface area contributed by atoms with Gasteiger partial charge in [-0.1, -0.05) is 42.0 Å². The quantitative estimate of drug-likeness (QED) is 0.811. The number of cyclic esters (lactones) is 1. The summed E-state index contributed by atoms with van der Waals surface area (Å²) < 4.78 is 19.2. The minimum absolute atomic E-state index is 0.0815. The first kappa shape index (κ1) is 19.9. The van der Waals surface area contributed by atoms with Gasteiger partial charge in [0, 0.05) is 25.8 Å². The molecule has 1 fully saturated rings. The van der Waals surface area contributed by atoms with E-state index in [-0.39, 0.29) is 24.7 Å². The Kier molecular flexibility index (Phi) is 5.68. The first-order valence-corrected chi connectivity index (χ1v) is 9.41. The van der Waals surface area contributed by atoms with Crippen LogP contribution in [0.1, 0.15) is 48.9 Å². The molecule has 0 aliphatic carbocycles. The Morgan fingerprint density at radius 1 is 1.21 bits per heavy atom. The maximum atomic E-state index is 13.4. The summed E-state index contributed by atoms with van der Waals surface area (Å²) in [6.07, 6.45) is 0.395. The van der Waals surface area contributed by atoms with Crippen LogP contribution in [-0.4, -0.2) is 23.4 Å². The van der Waals surface area contributed by atoms with Crippen molar-refractivity contribution in [3.63, 3.8) is 0 Å². The van der Waals surface area contributed by atoms with Crippen molar-refractivity contribution in [3.05, 3.63) is 71.0 Å². The largest absolute Gasteiger partial charge is 0.438 e. The minimum atomic E-state index is -0.983. The van der Waals surface area contributed by atoms with Gasteiger partial charge in [0.05, 0.1) is 6.04 Å². The standard InChI is InChI=1S/C22H25FN2O3/c1-15-3-5-17(6-4-15)16(2)25-14-13-22(28-21(25)27,12-11-20(24)26)18-7-9-19(23)10-8-18/h3-10,16H,11-14H2,1-2H3,(H2,24,26)/t16-,22?/m0/s1. The van der Waals surface area contributed by atoms with Crippen molar-refractivity contribution in [2.24, 2.45) is 5.73 Å². The lowest BCUT2D eigenvalue weighted by atomic mass is 9.84. The Labute approximate surface area is 164 Å². The molecule has 0 aromatic heterocycles. The number of aryl methyl sites for hydroxylation is 1. The van der Waals surface area contributed by atoms with Crippen molar-refractivity contribution in [1.29, 1.82) is 0 Å². The van der Waals surface area contributed by atoms with E-state index in [1.54, 1.807) is 17.0 Å². The van der Waals surface area contributed by atoms with Crippen molar-refractivity contribution >= 4 is 12.0 Å². The number of benzene rings is 2. The van der Waals surface area contributed by atoms with Crippen LogP contribution in [0.4, 0.5) is 9.18 Å². The van der Waals surface area contributed by atoms with Crippen LogP contribution in [0.15, 0.2) is 48.5 Å². The van der Waals surface area contributed by atoms with E-state index in [1.807, 2.05) is 38.1 Å². The number of halogens is 1. The van der Waals surface area contributed by atoms with Gasteiger partial charge in [0.2, 0.25) is 5.91 Å². The lowest BCUT2D eigenvalue weighted by Gasteiger charge is -2.43. The first-order valence-electron chi connectivity index (χ1n) is 9.41. The highest BCUT2D eigenvalue weighted by Gasteiger charge is 2.43. The molecule has 1 aliphatic heterocycles. The molecule has 0 saturated carbocycles. The van der Waals surface area contributed by atoms with E-state index in [0.29, 0.717) is 18.5 Å². The number of hydrogen-bond acceptors (Lipinski definition) is 3.